The molecule has 1 aromatic rings. The van der Waals surface area contributed by atoms with Gasteiger partial charge in [-0.15, -0.1) is 0 Å². The van der Waals surface area contributed by atoms with Crippen LogP contribution in [0.15, 0.2) is 24.3 Å². The molecule has 0 bridgehead atoms. The largest absolute Gasteiger partial charge is 0.352 e. The SMILES string of the molecule is CCNC(=O)c1ccc(CN2CCN(S(=O)(=O)CC)CC2)cc1. The van der Waals surface area contributed by atoms with Crippen LogP contribution in [0.2, 0.25) is 0 Å². The molecular weight excluding hydrogens is 314 g/mol. The summed E-state index contributed by atoms with van der Waals surface area (Å²) in [7, 11) is -3.08. The number of nitrogens with one attached hydrogen (secondary N) is 1. The zero-order valence-corrected chi connectivity index (χ0v) is 14.6. The summed E-state index contributed by atoms with van der Waals surface area (Å²) in [6.07, 6.45) is 0. The monoisotopic (exact) mass is 339 g/mol. The first kappa shape index (κ1) is 17.9. The molecule has 1 aliphatic heterocycles. The summed E-state index contributed by atoms with van der Waals surface area (Å²) in [4.78, 5) is 14.0. The van der Waals surface area contributed by atoms with Crippen LogP contribution in [0.25, 0.3) is 0 Å². The lowest BCUT2D eigenvalue weighted by atomic mass is 10.1. The third-order valence-corrected chi connectivity index (χ3v) is 5.93. The van der Waals surface area contributed by atoms with E-state index in [1.165, 1.54) is 0 Å². The summed E-state index contributed by atoms with van der Waals surface area (Å²) in [5.74, 6) is 0.103. The van der Waals surface area contributed by atoms with Crippen molar-refractivity contribution in [2.24, 2.45) is 0 Å². The summed E-state index contributed by atoms with van der Waals surface area (Å²) in [5, 5.41) is 2.78. The molecule has 1 aromatic carbocycles. The van der Waals surface area contributed by atoms with Crippen molar-refractivity contribution in [2.45, 2.75) is 20.4 Å². The van der Waals surface area contributed by atoms with Gasteiger partial charge in [-0.1, -0.05) is 12.1 Å². The molecule has 1 fully saturated rings. The Morgan fingerprint density at radius 2 is 1.70 bits per heavy atom. The highest BCUT2D eigenvalue weighted by molar-refractivity contribution is 7.89. The lowest BCUT2D eigenvalue weighted by Crippen LogP contribution is -2.48. The van der Waals surface area contributed by atoms with Crippen LogP contribution < -0.4 is 5.32 Å². The summed E-state index contributed by atoms with van der Waals surface area (Å²) in [5.41, 5.74) is 1.79. The smallest absolute Gasteiger partial charge is 0.251 e. The van der Waals surface area contributed by atoms with Gasteiger partial charge in [-0.2, -0.15) is 4.31 Å². The van der Waals surface area contributed by atoms with E-state index in [0.717, 1.165) is 25.2 Å². The number of nitrogens with zero attached hydrogens (tertiary/aromatic N) is 2. The van der Waals surface area contributed by atoms with Crippen molar-refractivity contribution in [3.8, 4) is 0 Å². The van der Waals surface area contributed by atoms with Gasteiger partial charge in [0.05, 0.1) is 5.75 Å². The molecule has 1 amide bonds. The van der Waals surface area contributed by atoms with Gasteiger partial charge in [-0.05, 0) is 31.5 Å². The number of piperazine rings is 1. The van der Waals surface area contributed by atoms with Crippen molar-refractivity contribution in [2.75, 3.05) is 38.5 Å². The second kappa shape index (κ2) is 7.90. The Morgan fingerprint density at radius 1 is 1.09 bits per heavy atom. The van der Waals surface area contributed by atoms with Crippen LogP contribution in [0.1, 0.15) is 29.8 Å². The Hall–Kier alpha value is -1.44. The van der Waals surface area contributed by atoms with Gasteiger partial charge in [-0.3, -0.25) is 9.69 Å². The predicted octanol–water partition coefficient (Wildman–Crippen LogP) is 0.904. The highest BCUT2D eigenvalue weighted by atomic mass is 32.2. The maximum absolute atomic E-state index is 11.8. The van der Waals surface area contributed by atoms with Crippen LogP contribution in [0.4, 0.5) is 0 Å². The molecule has 0 spiro atoms. The van der Waals surface area contributed by atoms with Crippen molar-refractivity contribution < 1.29 is 13.2 Å². The molecular formula is C16H25N3O3S. The maximum atomic E-state index is 11.8. The zero-order valence-electron chi connectivity index (χ0n) is 13.8. The first-order valence-corrected chi connectivity index (χ1v) is 9.64. The van der Waals surface area contributed by atoms with E-state index in [9.17, 15) is 13.2 Å². The van der Waals surface area contributed by atoms with Gasteiger partial charge in [0.25, 0.3) is 5.91 Å². The molecule has 6 nitrogen and oxygen atoms in total. The van der Waals surface area contributed by atoms with E-state index in [2.05, 4.69) is 10.2 Å². The van der Waals surface area contributed by atoms with Crippen molar-refractivity contribution in [1.29, 1.82) is 0 Å². The number of hydrogen-bond acceptors (Lipinski definition) is 4. The second-order valence-electron chi connectivity index (χ2n) is 5.63. The summed E-state index contributed by atoms with van der Waals surface area (Å²) in [6, 6.07) is 7.58. The Bertz CT molecular complexity index is 620. The fourth-order valence-corrected chi connectivity index (χ4v) is 3.72. The molecule has 128 valence electrons. The molecule has 1 heterocycles. The van der Waals surface area contributed by atoms with E-state index in [0.29, 0.717) is 25.2 Å². The number of hydrogen-bond donors (Lipinski definition) is 1. The zero-order chi connectivity index (χ0) is 16.9. The van der Waals surface area contributed by atoms with Gasteiger partial charge >= 0.3 is 0 Å². The Labute approximate surface area is 138 Å². The first-order chi connectivity index (χ1) is 11.0. The van der Waals surface area contributed by atoms with Gasteiger partial charge in [0.1, 0.15) is 0 Å². The molecule has 0 atom stereocenters. The molecule has 1 aliphatic rings. The molecule has 0 radical (unpaired) electrons. The molecule has 7 heteroatoms. The minimum atomic E-state index is -3.08. The molecule has 2 rings (SSSR count). The Morgan fingerprint density at radius 3 is 2.22 bits per heavy atom. The number of amides is 1. The molecule has 0 aromatic heterocycles. The van der Waals surface area contributed by atoms with E-state index in [1.54, 1.807) is 11.2 Å². The average Bonchev–Trinajstić information content (AvgIpc) is 2.56. The summed E-state index contributed by atoms with van der Waals surface area (Å²) in [6.45, 7) is 7.53. The van der Waals surface area contributed by atoms with Crippen molar-refractivity contribution in [3.05, 3.63) is 35.4 Å². The number of carbonyl (C=O) groups excluding carboxylic acids is 1. The number of sulfonamides is 1. The molecule has 23 heavy (non-hydrogen) atoms. The van der Waals surface area contributed by atoms with Crippen LogP contribution in [-0.2, 0) is 16.6 Å². The lowest BCUT2D eigenvalue weighted by molar-refractivity contribution is 0.0956. The highest BCUT2D eigenvalue weighted by Gasteiger charge is 2.25. The van der Waals surface area contributed by atoms with Crippen molar-refractivity contribution >= 4 is 15.9 Å². The van der Waals surface area contributed by atoms with Gasteiger partial charge in [0.15, 0.2) is 0 Å². The van der Waals surface area contributed by atoms with Crippen LogP contribution in [0.5, 0.6) is 0 Å². The molecule has 1 N–H and O–H groups in total. The predicted molar refractivity (Wildman–Crippen MR) is 90.8 cm³/mol. The number of rotatable bonds is 6. The first-order valence-electron chi connectivity index (χ1n) is 8.03. The minimum Gasteiger partial charge on any atom is -0.352 e. The topological polar surface area (TPSA) is 69.7 Å². The van der Waals surface area contributed by atoms with Crippen LogP contribution in [0.3, 0.4) is 0 Å². The Balaban J connectivity index is 1.88. The van der Waals surface area contributed by atoms with Gasteiger partial charge < -0.3 is 5.32 Å². The molecule has 0 saturated carbocycles. The van der Waals surface area contributed by atoms with Crippen LogP contribution in [-0.4, -0.2) is 62.0 Å². The average molecular weight is 339 g/mol. The molecule has 0 aliphatic carbocycles. The van der Waals surface area contributed by atoms with Crippen LogP contribution >= 0.6 is 0 Å². The third kappa shape index (κ3) is 4.76. The quantitative estimate of drug-likeness (QED) is 0.836. The van der Waals surface area contributed by atoms with Crippen molar-refractivity contribution in [1.82, 2.24) is 14.5 Å². The standard InChI is InChI=1S/C16H25N3O3S/c1-3-17-16(20)15-7-5-14(6-8-15)13-18-9-11-19(12-10-18)23(21,22)4-2/h5-8H,3-4,9-13H2,1-2H3,(H,17,20). The van der Waals surface area contributed by atoms with Crippen LogP contribution in [0, 0.1) is 0 Å². The van der Waals surface area contributed by atoms with E-state index in [-0.39, 0.29) is 11.7 Å². The van der Waals surface area contributed by atoms with E-state index < -0.39 is 10.0 Å². The van der Waals surface area contributed by atoms with Gasteiger partial charge in [0, 0.05) is 44.8 Å². The molecule has 1 saturated heterocycles. The highest BCUT2D eigenvalue weighted by Crippen LogP contribution is 2.12. The maximum Gasteiger partial charge on any atom is 0.251 e. The van der Waals surface area contributed by atoms with Crippen molar-refractivity contribution in [3.63, 3.8) is 0 Å². The number of carbonyl (C=O) groups is 1. The lowest BCUT2D eigenvalue weighted by Gasteiger charge is -2.33. The third-order valence-electron chi connectivity index (χ3n) is 4.05. The fraction of sp³-hybridized carbons (Fsp3) is 0.562. The molecule has 0 unspecified atom stereocenters. The normalized spacial score (nSPS) is 17.1. The summed E-state index contributed by atoms with van der Waals surface area (Å²) < 4.78 is 25.3. The van der Waals surface area contributed by atoms with Gasteiger partial charge in [-0.25, -0.2) is 8.42 Å². The van der Waals surface area contributed by atoms with E-state index in [4.69, 9.17) is 0 Å². The number of benzene rings is 1. The Kier molecular flexibility index (Phi) is 6.15. The minimum absolute atomic E-state index is 0.0579. The van der Waals surface area contributed by atoms with E-state index >= 15 is 0 Å². The fourth-order valence-electron chi connectivity index (χ4n) is 2.63. The second-order valence-corrected chi connectivity index (χ2v) is 7.89. The van der Waals surface area contributed by atoms with Gasteiger partial charge in [0.2, 0.25) is 10.0 Å². The summed E-state index contributed by atoms with van der Waals surface area (Å²) >= 11 is 0. The van der Waals surface area contributed by atoms with E-state index in [1.807, 2.05) is 31.2 Å².